The van der Waals surface area contributed by atoms with Crippen LogP contribution in [-0.4, -0.2) is 32.4 Å². The van der Waals surface area contributed by atoms with Crippen molar-refractivity contribution in [3.8, 4) is 10.7 Å². The van der Waals surface area contributed by atoms with Gasteiger partial charge in [-0.2, -0.15) is 4.98 Å². The van der Waals surface area contributed by atoms with Gasteiger partial charge < -0.3 is 9.42 Å². The van der Waals surface area contributed by atoms with Crippen LogP contribution in [0.15, 0.2) is 52.4 Å². The average Bonchev–Trinajstić information content (AvgIpc) is 3.36. The Hall–Kier alpha value is -3.33. The molecule has 3 aromatic rings. The molecule has 0 saturated heterocycles. The first kappa shape index (κ1) is 18.5. The molecular weight excluding hydrogens is 368 g/mol. The quantitative estimate of drug-likeness (QED) is 0.349. The van der Waals surface area contributed by atoms with E-state index in [0.29, 0.717) is 23.8 Å². The third kappa shape index (κ3) is 4.64. The minimum atomic E-state index is -0.466. The van der Waals surface area contributed by atoms with Crippen molar-refractivity contribution in [3.63, 3.8) is 0 Å². The number of rotatable bonds is 7. The van der Waals surface area contributed by atoms with Crippen molar-refractivity contribution in [2.24, 2.45) is 0 Å². The van der Waals surface area contributed by atoms with E-state index in [9.17, 15) is 14.9 Å². The number of non-ortho nitro benzene ring substituents is 1. The van der Waals surface area contributed by atoms with Gasteiger partial charge in [0, 0.05) is 24.8 Å². The Morgan fingerprint density at radius 2 is 2.11 bits per heavy atom. The van der Waals surface area contributed by atoms with Crippen LogP contribution in [0.2, 0.25) is 0 Å². The van der Waals surface area contributed by atoms with Crippen molar-refractivity contribution in [3.05, 3.63) is 69.4 Å². The Kier molecular flexibility index (Phi) is 5.72. The summed E-state index contributed by atoms with van der Waals surface area (Å²) < 4.78 is 5.23. The van der Waals surface area contributed by atoms with E-state index >= 15 is 0 Å². The molecule has 0 aliphatic rings. The second-order valence-electron chi connectivity index (χ2n) is 5.52. The molecule has 2 aromatic heterocycles. The largest absolute Gasteiger partial charge is 0.337 e. The molecule has 0 atom stereocenters. The maximum Gasteiger partial charge on any atom is 0.269 e. The molecule has 0 aliphatic heterocycles. The molecule has 0 spiro atoms. The highest BCUT2D eigenvalue weighted by molar-refractivity contribution is 7.13. The van der Waals surface area contributed by atoms with Crippen LogP contribution in [0.25, 0.3) is 16.8 Å². The van der Waals surface area contributed by atoms with E-state index in [2.05, 4.69) is 10.1 Å². The maximum absolute atomic E-state index is 12.4. The van der Waals surface area contributed by atoms with Crippen LogP contribution in [0, 0.1) is 10.1 Å². The molecule has 0 aliphatic carbocycles. The van der Waals surface area contributed by atoms with Crippen molar-refractivity contribution in [2.75, 3.05) is 6.54 Å². The van der Waals surface area contributed by atoms with Gasteiger partial charge in [-0.15, -0.1) is 11.3 Å². The Balaban J connectivity index is 1.64. The number of hydrogen-bond acceptors (Lipinski definition) is 7. The molecule has 8 nitrogen and oxygen atoms in total. The van der Waals surface area contributed by atoms with E-state index in [1.165, 1.54) is 29.5 Å². The van der Waals surface area contributed by atoms with Crippen LogP contribution in [-0.2, 0) is 11.3 Å². The van der Waals surface area contributed by atoms with Crippen LogP contribution < -0.4 is 0 Å². The fourth-order valence-corrected chi connectivity index (χ4v) is 2.96. The molecule has 3 rings (SSSR count). The van der Waals surface area contributed by atoms with Gasteiger partial charge in [-0.1, -0.05) is 11.2 Å². The number of nitro benzene ring substituents is 1. The number of likely N-dealkylation sites (N-methyl/N-ethyl adjacent to an activating group) is 1. The molecule has 9 heteroatoms. The third-order valence-corrected chi connectivity index (χ3v) is 4.62. The summed E-state index contributed by atoms with van der Waals surface area (Å²) >= 11 is 1.51. The number of hydrogen-bond donors (Lipinski definition) is 0. The van der Waals surface area contributed by atoms with Gasteiger partial charge in [0.2, 0.25) is 17.6 Å². The zero-order valence-electron chi connectivity index (χ0n) is 14.4. The predicted octanol–water partition coefficient (Wildman–Crippen LogP) is 3.77. The maximum atomic E-state index is 12.4. The summed E-state index contributed by atoms with van der Waals surface area (Å²) in [7, 11) is 0. The zero-order chi connectivity index (χ0) is 19.2. The van der Waals surface area contributed by atoms with Crippen LogP contribution >= 0.6 is 11.3 Å². The van der Waals surface area contributed by atoms with E-state index < -0.39 is 4.92 Å². The first-order valence-corrected chi connectivity index (χ1v) is 9.02. The summed E-state index contributed by atoms with van der Waals surface area (Å²) in [6.07, 6.45) is 3.03. The lowest BCUT2D eigenvalue weighted by Gasteiger charge is -2.16. The van der Waals surface area contributed by atoms with Gasteiger partial charge in [0.05, 0.1) is 9.80 Å². The molecule has 0 bridgehead atoms. The first-order chi connectivity index (χ1) is 13.1. The van der Waals surface area contributed by atoms with Gasteiger partial charge in [-0.3, -0.25) is 14.9 Å². The minimum Gasteiger partial charge on any atom is -0.337 e. The van der Waals surface area contributed by atoms with E-state index in [4.69, 9.17) is 4.52 Å². The zero-order valence-corrected chi connectivity index (χ0v) is 15.3. The Morgan fingerprint density at radius 3 is 2.74 bits per heavy atom. The van der Waals surface area contributed by atoms with Crippen LogP contribution in [0.1, 0.15) is 18.4 Å². The number of benzene rings is 1. The van der Waals surface area contributed by atoms with Crippen LogP contribution in [0.5, 0.6) is 0 Å². The molecule has 0 saturated carbocycles. The van der Waals surface area contributed by atoms with Crippen molar-refractivity contribution >= 4 is 29.0 Å². The lowest BCUT2D eigenvalue weighted by molar-refractivity contribution is -0.384. The number of thiophene rings is 1. The summed E-state index contributed by atoms with van der Waals surface area (Å²) in [4.78, 5) is 29.4. The van der Waals surface area contributed by atoms with Gasteiger partial charge in [0.15, 0.2) is 0 Å². The van der Waals surface area contributed by atoms with Crippen molar-refractivity contribution in [1.82, 2.24) is 15.0 Å². The molecule has 27 heavy (non-hydrogen) atoms. The highest BCUT2D eigenvalue weighted by Gasteiger charge is 2.15. The number of aromatic nitrogens is 2. The Labute approximate surface area is 158 Å². The summed E-state index contributed by atoms with van der Waals surface area (Å²) in [5, 5.41) is 16.5. The Bertz CT molecular complexity index is 948. The minimum absolute atomic E-state index is 0.00611. The van der Waals surface area contributed by atoms with Gasteiger partial charge >= 0.3 is 0 Å². The molecule has 1 amide bonds. The standard InChI is InChI=1S/C18H16N4O4S/c1-2-21(12-16-19-18(20-26-16)15-4-3-11-27-15)17(23)10-7-13-5-8-14(9-6-13)22(24)25/h3-11H,2,12H2,1H3/b10-7+. The fraction of sp³-hybridized carbons (Fsp3) is 0.167. The molecule has 138 valence electrons. The van der Waals surface area contributed by atoms with Crippen molar-refractivity contribution in [2.45, 2.75) is 13.5 Å². The summed E-state index contributed by atoms with van der Waals surface area (Å²) in [5.74, 6) is 0.647. The molecule has 0 unspecified atom stereocenters. The molecule has 0 radical (unpaired) electrons. The number of carbonyl (C=O) groups is 1. The average molecular weight is 384 g/mol. The summed E-state index contributed by atoms with van der Waals surface area (Å²) in [5.41, 5.74) is 0.703. The molecule has 0 fully saturated rings. The van der Waals surface area contributed by atoms with E-state index in [0.717, 1.165) is 4.88 Å². The van der Waals surface area contributed by atoms with Crippen molar-refractivity contribution < 1.29 is 14.2 Å². The normalized spacial score (nSPS) is 11.0. The molecule has 0 N–H and O–H groups in total. The van der Waals surface area contributed by atoms with Gasteiger partial charge in [-0.05, 0) is 42.1 Å². The second kappa shape index (κ2) is 8.37. The molecule has 2 heterocycles. The van der Waals surface area contributed by atoms with Crippen molar-refractivity contribution in [1.29, 1.82) is 0 Å². The second-order valence-corrected chi connectivity index (χ2v) is 6.47. The topological polar surface area (TPSA) is 102 Å². The number of nitro groups is 1. The van der Waals surface area contributed by atoms with Crippen LogP contribution in [0.4, 0.5) is 5.69 Å². The van der Waals surface area contributed by atoms with Crippen LogP contribution in [0.3, 0.4) is 0 Å². The number of amides is 1. The monoisotopic (exact) mass is 384 g/mol. The summed E-state index contributed by atoms with van der Waals surface area (Å²) in [6, 6.07) is 9.77. The smallest absolute Gasteiger partial charge is 0.269 e. The highest BCUT2D eigenvalue weighted by Crippen LogP contribution is 2.21. The Morgan fingerprint density at radius 1 is 1.33 bits per heavy atom. The van der Waals surface area contributed by atoms with E-state index in [1.807, 2.05) is 24.4 Å². The lowest BCUT2D eigenvalue weighted by atomic mass is 10.2. The third-order valence-electron chi connectivity index (χ3n) is 3.75. The van der Waals surface area contributed by atoms with Gasteiger partial charge in [0.1, 0.15) is 6.54 Å². The van der Waals surface area contributed by atoms with E-state index in [-0.39, 0.29) is 18.1 Å². The fourth-order valence-electron chi connectivity index (χ4n) is 2.31. The van der Waals surface area contributed by atoms with E-state index in [1.54, 1.807) is 23.1 Å². The first-order valence-electron chi connectivity index (χ1n) is 8.14. The van der Waals surface area contributed by atoms with Gasteiger partial charge in [-0.25, -0.2) is 0 Å². The number of nitrogens with zero attached hydrogens (tertiary/aromatic N) is 4. The van der Waals surface area contributed by atoms with Gasteiger partial charge in [0.25, 0.3) is 5.69 Å². The molecule has 1 aromatic carbocycles. The number of carbonyl (C=O) groups excluding carboxylic acids is 1. The highest BCUT2D eigenvalue weighted by atomic mass is 32.1. The summed E-state index contributed by atoms with van der Waals surface area (Å²) in [6.45, 7) is 2.53. The molecular formula is C18H16N4O4S. The SMILES string of the molecule is CCN(Cc1nc(-c2cccs2)no1)C(=O)/C=C/c1ccc([N+](=O)[O-])cc1. The lowest BCUT2D eigenvalue weighted by Crippen LogP contribution is -2.28. The predicted molar refractivity (Wildman–Crippen MR) is 101 cm³/mol.